The van der Waals surface area contributed by atoms with Crippen LogP contribution in [0.1, 0.15) is 22.8 Å². The second-order valence-electron chi connectivity index (χ2n) is 22.5. The minimum Gasteiger partial charge on any atom is -0.741 e. The van der Waals surface area contributed by atoms with E-state index in [1.54, 1.807) is 81.7 Å². The van der Waals surface area contributed by atoms with Crippen molar-refractivity contribution in [2.75, 3.05) is 56.9 Å². The van der Waals surface area contributed by atoms with Gasteiger partial charge in [-0.1, -0.05) is 72.8 Å². The standard InChI is InChI=1S/4C18H16N2O2.4CHF3O3S.2Zn/c4*1-21-16-10-8-14(9-11-16)19-12-15-7-6-13-4-3-5-17(22-2)18(13)20-15;4*2-1(3,4)8(5,6)7;;/h4*3-12H,1-2H3;4*(H,5,6,7);;/q;;;;;;;;2*+2/p-4. The van der Waals surface area contributed by atoms with Crippen molar-refractivity contribution < 1.29 is 181 Å². The summed E-state index contributed by atoms with van der Waals surface area (Å²) in [5, 5.41) is 4.17. The Morgan fingerprint density at radius 2 is 0.410 bits per heavy atom. The molecule has 0 amide bonds. The van der Waals surface area contributed by atoms with Gasteiger partial charge in [-0.15, -0.1) is 0 Å². The van der Waals surface area contributed by atoms with Gasteiger partial charge in [0.1, 0.15) is 68.1 Å². The molecule has 0 spiro atoms. The summed E-state index contributed by atoms with van der Waals surface area (Å²) in [5.41, 5.74) is -12.7. The van der Waals surface area contributed by atoms with Crippen LogP contribution in [0.4, 0.5) is 75.4 Å². The van der Waals surface area contributed by atoms with Gasteiger partial charge in [0.2, 0.25) is 0 Å². The zero-order valence-electron chi connectivity index (χ0n) is 64.4. The molecule has 0 fully saturated rings. The molecule has 0 aliphatic heterocycles. The topological polar surface area (TPSA) is 404 Å². The molecule has 0 aliphatic rings. The number of rotatable bonds is 16. The summed E-state index contributed by atoms with van der Waals surface area (Å²) in [6.07, 6.45) is 6.97. The number of pyridine rings is 4. The Morgan fingerprint density at radius 1 is 0.254 bits per heavy atom. The second-order valence-corrected chi connectivity index (χ2v) is 28.0. The van der Waals surface area contributed by atoms with Crippen LogP contribution >= 0.6 is 0 Å². The minimum absolute atomic E-state index is 0. The van der Waals surface area contributed by atoms with Crippen LogP contribution in [0.3, 0.4) is 0 Å². The summed E-state index contributed by atoms with van der Waals surface area (Å²) in [6, 6.07) is 69.5. The van der Waals surface area contributed by atoms with Crippen LogP contribution in [0.2, 0.25) is 0 Å². The second kappa shape index (κ2) is 47.7. The van der Waals surface area contributed by atoms with E-state index in [0.717, 1.165) is 135 Å². The number of nitrogens with zero attached hydrogens (tertiary/aromatic N) is 8. The van der Waals surface area contributed by atoms with E-state index in [1.807, 2.05) is 218 Å². The predicted octanol–water partition coefficient (Wildman–Crippen LogP) is 16.2. The number of fused-ring (bicyclic) bond motifs is 4. The third-order valence-corrected chi connectivity index (χ3v) is 16.8. The Morgan fingerprint density at radius 3 is 0.541 bits per heavy atom. The normalized spacial score (nSPS) is 11.6. The number of halogens is 12. The number of hydrogen-bond acceptors (Lipinski definition) is 28. The monoisotopic (exact) mass is 1890 g/mol. The summed E-state index contributed by atoms with van der Waals surface area (Å²) >= 11 is 0. The number of ether oxygens (including phenoxy) is 8. The van der Waals surface area contributed by atoms with Crippen LogP contribution in [-0.2, 0) is 79.4 Å². The van der Waals surface area contributed by atoms with Crippen molar-refractivity contribution >= 4 is 132 Å². The number of benzene rings is 8. The molecule has 0 bridgehead atoms. The van der Waals surface area contributed by atoms with Crippen molar-refractivity contribution in [3.05, 3.63) is 241 Å². The average molecular weight is 1900 g/mol. The van der Waals surface area contributed by atoms with Crippen LogP contribution < -0.4 is 37.9 Å². The molecular weight excluding hydrogens is 1830 g/mol. The number of hydrogen-bond donors (Lipinski definition) is 0. The molecule has 0 radical (unpaired) electrons. The Bertz CT molecular complexity index is 5270. The first-order chi connectivity index (χ1) is 56.2. The van der Waals surface area contributed by atoms with Crippen LogP contribution in [0, 0.1) is 0 Å². The van der Waals surface area contributed by atoms with Crippen molar-refractivity contribution in [1.29, 1.82) is 0 Å². The van der Waals surface area contributed by atoms with Crippen LogP contribution in [0.25, 0.3) is 43.6 Å². The molecule has 0 aliphatic carbocycles. The van der Waals surface area contributed by atoms with Gasteiger partial charge in [0.05, 0.1) is 127 Å². The molecule has 640 valence electrons. The summed E-state index contributed by atoms with van der Waals surface area (Å²) in [5.74, 6) is 6.30. The van der Waals surface area contributed by atoms with Gasteiger partial charge in [-0.25, -0.2) is 53.6 Å². The molecule has 4 aromatic heterocycles. The molecule has 0 saturated carbocycles. The van der Waals surface area contributed by atoms with Gasteiger partial charge in [0, 0.05) is 21.5 Å². The van der Waals surface area contributed by atoms with Gasteiger partial charge in [-0.2, -0.15) is 52.7 Å². The number of aromatic nitrogens is 4. The first-order valence-corrected chi connectivity index (χ1v) is 38.4. The molecule has 122 heavy (non-hydrogen) atoms. The van der Waals surface area contributed by atoms with Crippen LogP contribution in [0.15, 0.2) is 238 Å². The maximum absolute atomic E-state index is 10.7. The van der Waals surface area contributed by atoms with Crippen LogP contribution in [-0.4, -0.2) is 176 Å². The Balaban J connectivity index is 0.000000374. The van der Waals surface area contributed by atoms with E-state index in [1.165, 1.54) is 0 Å². The third-order valence-electron chi connectivity index (χ3n) is 14.5. The Kier molecular flexibility index (Phi) is 40.9. The fourth-order valence-corrected chi connectivity index (χ4v) is 8.72. The zero-order chi connectivity index (χ0) is 89.5. The third kappa shape index (κ3) is 33.9. The summed E-state index contributed by atoms with van der Waals surface area (Å²) < 4.78 is 278. The molecular formula is C76H64F12N8O20S4Zn2. The first-order valence-electron chi connectivity index (χ1n) is 32.8. The first kappa shape index (κ1) is 105. The predicted molar refractivity (Wildman–Crippen MR) is 417 cm³/mol. The SMILES string of the molecule is COc1ccc(N=Cc2ccc3cccc(OC)c3n2)cc1.COc1ccc(N=Cc2ccc3cccc(OC)c3n2)cc1.COc1ccc(N=Cc2ccc3cccc(OC)c3n2)cc1.COc1ccc(N=Cc2ccc3cccc(OC)c3n2)cc1.O=S(=O)([O-])C(F)(F)F.O=S(=O)([O-])C(F)(F)F.O=S(=O)([O-])C(F)(F)F.O=S(=O)([O-])C(F)(F)F.[Zn+2].[Zn+2]. The van der Waals surface area contributed by atoms with Gasteiger partial charge in [-0.05, 0) is 146 Å². The van der Waals surface area contributed by atoms with E-state index in [4.69, 9.17) is 89.8 Å². The largest absolute Gasteiger partial charge is 2.00 e. The molecule has 0 saturated heterocycles. The van der Waals surface area contributed by atoms with Crippen molar-refractivity contribution in [2.45, 2.75) is 22.0 Å². The number of methoxy groups -OCH3 is 8. The smallest absolute Gasteiger partial charge is 0.741 e. The Labute approximate surface area is 714 Å². The molecule has 28 nitrogen and oxygen atoms in total. The fraction of sp³-hybridized carbons (Fsp3) is 0.158. The van der Waals surface area contributed by atoms with E-state index in [9.17, 15) is 52.7 Å². The van der Waals surface area contributed by atoms with Gasteiger partial charge >= 0.3 is 61.0 Å². The zero-order valence-corrected chi connectivity index (χ0v) is 73.6. The maximum atomic E-state index is 10.7. The molecule has 12 aromatic rings. The molecule has 4 heterocycles. The summed E-state index contributed by atoms with van der Waals surface area (Å²) in [4.78, 5) is 36.1. The van der Waals surface area contributed by atoms with Crippen molar-refractivity contribution in [2.24, 2.45) is 20.0 Å². The van der Waals surface area contributed by atoms with E-state index >= 15 is 0 Å². The Hall–Kier alpha value is -11.5. The molecule has 0 unspecified atom stereocenters. The molecule has 8 aromatic carbocycles. The van der Waals surface area contributed by atoms with Gasteiger partial charge in [-0.3, -0.25) is 20.0 Å². The molecule has 12 rings (SSSR count). The maximum Gasteiger partial charge on any atom is 2.00 e. The van der Waals surface area contributed by atoms with E-state index in [-0.39, 0.29) is 39.0 Å². The van der Waals surface area contributed by atoms with Crippen LogP contribution in [0.5, 0.6) is 46.0 Å². The average Bonchev–Trinajstić information content (AvgIpc) is 0.822. The number of para-hydroxylation sites is 4. The summed E-state index contributed by atoms with van der Waals surface area (Å²) in [6.45, 7) is 0. The number of alkyl halides is 12. The van der Waals surface area contributed by atoms with Gasteiger partial charge in [0.15, 0.2) is 40.5 Å². The van der Waals surface area contributed by atoms with E-state index in [2.05, 4.69) is 39.9 Å². The van der Waals surface area contributed by atoms with E-state index in [0.29, 0.717) is 0 Å². The quantitative estimate of drug-likeness (QED) is 0.0285. The van der Waals surface area contributed by atoms with Crippen molar-refractivity contribution in [1.82, 2.24) is 19.9 Å². The van der Waals surface area contributed by atoms with Gasteiger partial charge < -0.3 is 56.1 Å². The number of aliphatic imine (C=N–C) groups is 4. The van der Waals surface area contributed by atoms with Gasteiger partial charge in [0.25, 0.3) is 0 Å². The van der Waals surface area contributed by atoms with E-state index < -0.39 is 62.5 Å². The van der Waals surface area contributed by atoms with Crippen molar-refractivity contribution in [3.63, 3.8) is 0 Å². The minimum atomic E-state index is -6.09. The molecule has 0 N–H and O–H groups in total. The fourth-order valence-electron chi connectivity index (χ4n) is 8.72. The molecule has 0 atom stereocenters. The van der Waals surface area contributed by atoms with Crippen molar-refractivity contribution in [3.8, 4) is 46.0 Å². The summed E-state index contributed by atoms with van der Waals surface area (Å²) in [7, 11) is -11.2. The molecule has 46 heteroatoms.